The molecule has 7 heteroatoms. The number of amides is 1. The fourth-order valence-electron chi connectivity index (χ4n) is 3.27. The van der Waals surface area contributed by atoms with E-state index in [0.717, 1.165) is 32.2 Å². The summed E-state index contributed by atoms with van der Waals surface area (Å²) in [4.78, 5) is 14.5. The molecule has 0 saturated carbocycles. The number of likely N-dealkylation sites (N-methyl/N-ethyl adjacent to an activating group) is 1. The Morgan fingerprint density at radius 2 is 1.56 bits per heavy atom. The van der Waals surface area contributed by atoms with Crippen LogP contribution in [0.2, 0.25) is 0 Å². The Labute approximate surface area is 190 Å². The van der Waals surface area contributed by atoms with Gasteiger partial charge in [0.2, 0.25) is 6.41 Å². The van der Waals surface area contributed by atoms with Crippen LogP contribution < -0.4 is 5.32 Å². The Morgan fingerprint density at radius 3 is 2.06 bits per heavy atom. The summed E-state index contributed by atoms with van der Waals surface area (Å²) in [5.74, 6) is 0. The molecule has 0 radical (unpaired) electrons. The number of piperazine rings is 1. The lowest BCUT2D eigenvalue weighted by atomic mass is 10.0. The van der Waals surface area contributed by atoms with Gasteiger partial charge in [-0.3, -0.25) is 9.69 Å². The number of hydrogen-bond donors (Lipinski definition) is 1. The SMILES string of the molecule is CC.CN1CCN(Cc2ccc(NC=O)cc2C(F)(F)F)CC1.Cc1ccc(C)c(C)c1. The minimum atomic E-state index is -4.43. The minimum absolute atomic E-state index is 0.152. The van der Waals surface area contributed by atoms with Gasteiger partial charge in [0.05, 0.1) is 5.56 Å². The third kappa shape index (κ3) is 9.01. The molecule has 1 N–H and O–H groups in total. The molecule has 3 rings (SSSR count). The van der Waals surface area contributed by atoms with Crippen molar-refractivity contribution in [2.24, 2.45) is 0 Å². The highest BCUT2D eigenvalue weighted by atomic mass is 19.4. The van der Waals surface area contributed by atoms with Gasteiger partial charge in [-0.1, -0.05) is 43.7 Å². The third-order valence-corrected chi connectivity index (χ3v) is 5.29. The summed E-state index contributed by atoms with van der Waals surface area (Å²) in [5.41, 5.74) is 3.81. The van der Waals surface area contributed by atoms with Crippen molar-refractivity contribution < 1.29 is 18.0 Å². The molecule has 1 saturated heterocycles. The van der Waals surface area contributed by atoms with Gasteiger partial charge in [-0.05, 0) is 56.6 Å². The molecule has 0 spiro atoms. The highest BCUT2D eigenvalue weighted by Crippen LogP contribution is 2.34. The molecule has 0 aliphatic carbocycles. The van der Waals surface area contributed by atoms with Gasteiger partial charge < -0.3 is 10.2 Å². The zero-order valence-corrected chi connectivity index (χ0v) is 20.0. The molecule has 1 aliphatic rings. The standard InChI is InChI=1S/C14H18F3N3O.C9H12.C2H6/c1-19-4-6-20(7-5-19)9-11-2-3-12(18-10-21)8-13(11)14(15,16)17;1-7-4-5-8(2)9(3)6-7;1-2/h2-3,8,10H,4-7,9H2,1H3,(H,18,21);4-6H,1-3H3;1-2H3. The van der Waals surface area contributed by atoms with Crippen molar-refractivity contribution in [2.75, 3.05) is 38.5 Å². The second kappa shape index (κ2) is 13.2. The van der Waals surface area contributed by atoms with Crippen LogP contribution in [0.1, 0.15) is 41.7 Å². The lowest BCUT2D eigenvalue weighted by molar-refractivity contribution is -0.138. The topological polar surface area (TPSA) is 35.6 Å². The van der Waals surface area contributed by atoms with E-state index in [1.54, 1.807) is 0 Å². The number of aryl methyl sites for hydroxylation is 3. The van der Waals surface area contributed by atoms with Crippen molar-refractivity contribution in [3.63, 3.8) is 0 Å². The average Bonchev–Trinajstić information content (AvgIpc) is 2.75. The van der Waals surface area contributed by atoms with E-state index in [9.17, 15) is 18.0 Å². The Balaban J connectivity index is 0.000000388. The largest absolute Gasteiger partial charge is 0.416 e. The van der Waals surface area contributed by atoms with E-state index in [1.165, 1.54) is 28.8 Å². The van der Waals surface area contributed by atoms with Crippen LogP contribution in [0.5, 0.6) is 0 Å². The molecule has 0 bridgehead atoms. The third-order valence-electron chi connectivity index (χ3n) is 5.29. The molecule has 1 aliphatic heterocycles. The summed E-state index contributed by atoms with van der Waals surface area (Å²) in [6.45, 7) is 13.9. The van der Waals surface area contributed by atoms with Crippen LogP contribution in [0.25, 0.3) is 0 Å². The van der Waals surface area contributed by atoms with Crippen molar-refractivity contribution >= 4 is 12.1 Å². The van der Waals surface area contributed by atoms with Gasteiger partial charge in [-0.2, -0.15) is 13.2 Å². The number of anilines is 1. The van der Waals surface area contributed by atoms with Gasteiger partial charge in [-0.15, -0.1) is 0 Å². The van der Waals surface area contributed by atoms with Crippen LogP contribution in [-0.2, 0) is 17.5 Å². The molecule has 2 aromatic carbocycles. The van der Waals surface area contributed by atoms with Gasteiger partial charge in [0.25, 0.3) is 0 Å². The number of halogens is 3. The number of nitrogens with zero attached hydrogens (tertiary/aromatic N) is 2. The lowest BCUT2D eigenvalue weighted by Gasteiger charge is -2.33. The maximum absolute atomic E-state index is 13.1. The van der Waals surface area contributed by atoms with E-state index in [4.69, 9.17) is 0 Å². The van der Waals surface area contributed by atoms with E-state index in [0.29, 0.717) is 6.41 Å². The number of carbonyl (C=O) groups is 1. The number of alkyl halides is 3. The number of benzene rings is 2. The van der Waals surface area contributed by atoms with E-state index in [-0.39, 0.29) is 17.8 Å². The Hall–Kier alpha value is -2.38. The van der Waals surface area contributed by atoms with E-state index in [1.807, 2.05) is 25.8 Å². The molecule has 0 atom stereocenters. The average molecular weight is 452 g/mol. The molecule has 1 heterocycles. The normalized spacial score (nSPS) is 14.5. The predicted octanol–water partition coefficient (Wildman–Crippen LogP) is 5.66. The number of hydrogen-bond acceptors (Lipinski definition) is 3. The molecule has 2 aromatic rings. The Morgan fingerprint density at radius 1 is 0.938 bits per heavy atom. The first-order valence-corrected chi connectivity index (χ1v) is 10.9. The highest BCUT2D eigenvalue weighted by molar-refractivity contribution is 5.71. The summed E-state index contributed by atoms with van der Waals surface area (Å²) in [6, 6.07) is 10.4. The van der Waals surface area contributed by atoms with Gasteiger partial charge >= 0.3 is 6.18 Å². The van der Waals surface area contributed by atoms with Gasteiger partial charge in [0.1, 0.15) is 0 Å². The molecule has 178 valence electrons. The molecule has 32 heavy (non-hydrogen) atoms. The van der Waals surface area contributed by atoms with Crippen LogP contribution in [0, 0.1) is 20.8 Å². The lowest BCUT2D eigenvalue weighted by Crippen LogP contribution is -2.44. The predicted molar refractivity (Wildman–Crippen MR) is 126 cm³/mol. The maximum Gasteiger partial charge on any atom is 0.416 e. The van der Waals surface area contributed by atoms with Crippen LogP contribution in [-0.4, -0.2) is 49.4 Å². The molecule has 4 nitrogen and oxygen atoms in total. The molecule has 1 fully saturated rings. The fraction of sp³-hybridized carbons (Fsp3) is 0.480. The Kier molecular flexibility index (Phi) is 11.4. The zero-order chi connectivity index (χ0) is 24.3. The van der Waals surface area contributed by atoms with E-state index < -0.39 is 11.7 Å². The fourth-order valence-corrected chi connectivity index (χ4v) is 3.27. The second-order valence-corrected chi connectivity index (χ2v) is 7.80. The summed E-state index contributed by atoms with van der Waals surface area (Å²) in [6.07, 6.45) is -4.06. The molecule has 0 aromatic heterocycles. The van der Waals surface area contributed by atoms with Crippen molar-refractivity contribution in [3.8, 4) is 0 Å². The number of nitrogens with one attached hydrogen (secondary N) is 1. The number of carbonyl (C=O) groups excluding carboxylic acids is 1. The highest BCUT2D eigenvalue weighted by Gasteiger charge is 2.34. The quantitative estimate of drug-likeness (QED) is 0.610. The van der Waals surface area contributed by atoms with Crippen molar-refractivity contribution in [1.29, 1.82) is 0 Å². The van der Waals surface area contributed by atoms with Gasteiger partial charge in [-0.25, -0.2) is 0 Å². The molecular weight excluding hydrogens is 415 g/mol. The van der Waals surface area contributed by atoms with E-state index >= 15 is 0 Å². The van der Waals surface area contributed by atoms with Crippen LogP contribution in [0.15, 0.2) is 36.4 Å². The van der Waals surface area contributed by atoms with Crippen LogP contribution in [0.3, 0.4) is 0 Å². The smallest absolute Gasteiger partial charge is 0.329 e. The summed E-state index contributed by atoms with van der Waals surface area (Å²) in [7, 11) is 2.00. The minimum Gasteiger partial charge on any atom is -0.329 e. The number of rotatable bonds is 4. The van der Waals surface area contributed by atoms with Crippen molar-refractivity contribution in [2.45, 2.75) is 47.3 Å². The van der Waals surface area contributed by atoms with E-state index in [2.05, 4.69) is 49.2 Å². The first kappa shape index (κ1) is 27.7. The zero-order valence-electron chi connectivity index (χ0n) is 20.0. The van der Waals surface area contributed by atoms with Crippen LogP contribution >= 0.6 is 0 Å². The molecular formula is C25H36F3N3O. The molecule has 0 unspecified atom stereocenters. The van der Waals surface area contributed by atoms with Crippen LogP contribution in [0.4, 0.5) is 18.9 Å². The summed E-state index contributed by atoms with van der Waals surface area (Å²) >= 11 is 0. The first-order chi connectivity index (χ1) is 15.1. The van der Waals surface area contributed by atoms with Crippen molar-refractivity contribution in [3.05, 3.63) is 64.2 Å². The molecule has 1 amide bonds. The van der Waals surface area contributed by atoms with Gasteiger partial charge in [0.15, 0.2) is 0 Å². The first-order valence-electron chi connectivity index (χ1n) is 10.9. The summed E-state index contributed by atoms with van der Waals surface area (Å²) in [5, 5.41) is 2.26. The Bertz CT molecular complexity index is 845. The summed E-state index contributed by atoms with van der Waals surface area (Å²) < 4.78 is 39.4. The monoisotopic (exact) mass is 451 g/mol. The second-order valence-electron chi connectivity index (χ2n) is 7.80. The van der Waals surface area contributed by atoms with Gasteiger partial charge in [0, 0.05) is 38.4 Å². The maximum atomic E-state index is 13.1. The van der Waals surface area contributed by atoms with Crippen molar-refractivity contribution in [1.82, 2.24) is 9.80 Å².